The first-order valence-electron chi connectivity index (χ1n) is 6.10. The Bertz CT molecular complexity index is 607. The van der Waals surface area contributed by atoms with Gasteiger partial charge in [0, 0.05) is 12.0 Å². The molecule has 0 aliphatic rings. The van der Waals surface area contributed by atoms with Crippen molar-refractivity contribution in [1.29, 1.82) is 0 Å². The molecule has 0 amide bonds. The summed E-state index contributed by atoms with van der Waals surface area (Å²) in [5, 5.41) is -0.0123. The van der Waals surface area contributed by atoms with E-state index in [-0.39, 0.29) is 10.8 Å². The van der Waals surface area contributed by atoms with E-state index < -0.39 is 5.82 Å². The molecule has 0 saturated carbocycles. The van der Waals surface area contributed by atoms with E-state index in [0.29, 0.717) is 18.4 Å². The molecule has 0 radical (unpaired) electrons. The van der Waals surface area contributed by atoms with Crippen LogP contribution in [-0.4, -0.2) is 5.78 Å². The second kappa shape index (κ2) is 5.98. The molecule has 0 aliphatic carbocycles. The summed E-state index contributed by atoms with van der Waals surface area (Å²) >= 11 is 5.67. The third-order valence-electron chi connectivity index (χ3n) is 3.12. The fraction of sp³-hybridized carbons (Fsp3) is 0.188. The molecular weight excluding hydrogens is 263 g/mol. The average molecular weight is 277 g/mol. The minimum atomic E-state index is -0.503. The van der Waals surface area contributed by atoms with Crippen molar-refractivity contribution in [3.05, 3.63) is 70.0 Å². The van der Waals surface area contributed by atoms with Gasteiger partial charge in [-0.25, -0.2) is 4.39 Å². The van der Waals surface area contributed by atoms with Gasteiger partial charge in [-0.2, -0.15) is 0 Å². The van der Waals surface area contributed by atoms with Gasteiger partial charge in [0.2, 0.25) is 0 Å². The van der Waals surface area contributed by atoms with Gasteiger partial charge >= 0.3 is 0 Å². The Morgan fingerprint density at radius 3 is 2.63 bits per heavy atom. The Labute approximate surface area is 117 Å². The van der Waals surface area contributed by atoms with Crippen LogP contribution in [0.5, 0.6) is 0 Å². The minimum Gasteiger partial charge on any atom is -0.294 e. The van der Waals surface area contributed by atoms with Crippen molar-refractivity contribution in [2.45, 2.75) is 19.8 Å². The van der Waals surface area contributed by atoms with E-state index in [0.717, 1.165) is 5.56 Å². The standard InChI is InChI=1S/C16H14ClFO/c1-11-4-2-3-5-12(11)7-9-16(19)13-6-8-15(18)14(17)10-13/h2-6,8,10H,7,9H2,1H3. The van der Waals surface area contributed by atoms with E-state index in [4.69, 9.17) is 11.6 Å². The van der Waals surface area contributed by atoms with Gasteiger partial charge in [-0.05, 0) is 42.7 Å². The van der Waals surface area contributed by atoms with Crippen molar-refractivity contribution in [1.82, 2.24) is 0 Å². The van der Waals surface area contributed by atoms with E-state index >= 15 is 0 Å². The lowest BCUT2D eigenvalue weighted by atomic mass is 10.00. The molecular formula is C16H14ClFO. The van der Waals surface area contributed by atoms with Crippen molar-refractivity contribution in [2.75, 3.05) is 0 Å². The van der Waals surface area contributed by atoms with Crippen molar-refractivity contribution >= 4 is 17.4 Å². The maximum Gasteiger partial charge on any atom is 0.163 e. The highest BCUT2D eigenvalue weighted by atomic mass is 35.5. The highest BCUT2D eigenvalue weighted by molar-refractivity contribution is 6.31. The zero-order valence-corrected chi connectivity index (χ0v) is 11.4. The number of rotatable bonds is 4. The van der Waals surface area contributed by atoms with Gasteiger partial charge in [-0.3, -0.25) is 4.79 Å². The molecule has 1 nitrogen and oxygen atoms in total. The predicted octanol–water partition coefficient (Wildman–Crippen LogP) is 4.60. The number of ketones is 1. The lowest BCUT2D eigenvalue weighted by Crippen LogP contribution is -2.02. The van der Waals surface area contributed by atoms with E-state index in [1.165, 1.54) is 23.8 Å². The number of carbonyl (C=O) groups excluding carboxylic acids is 1. The molecule has 0 heterocycles. The normalized spacial score (nSPS) is 10.5. The molecule has 19 heavy (non-hydrogen) atoms. The Morgan fingerprint density at radius 2 is 1.95 bits per heavy atom. The summed E-state index contributed by atoms with van der Waals surface area (Å²) in [6, 6.07) is 12.1. The van der Waals surface area contributed by atoms with Gasteiger partial charge in [0.15, 0.2) is 5.78 Å². The van der Waals surface area contributed by atoms with Crippen LogP contribution in [0.2, 0.25) is 5.02 Å². The molecule has 2 aromatic rings. The number of hydrogen-bond acceptors (Lipinski definition) is 1. The summed E-state index contributed by atoms with van der Waals surface area (Å²) in [5.74, 6) is -0.526. The lowest BCUT2D eigenvalue weighted by molar-refractivity contribution is 0.0983. The summed E-state index contributed by atoms with van der Waals surface area (Å²) in [7, 11) is 0. The molecule has 0 fully saturated rings. The SMILES string of the molecule is Cc1ccccc1CCC(=O)c1ccc(F)c(Cl)c1. The average Bonchev–Trinajstić information content (AvgIpc) is 2.40. The van der Waals surface area contributed by atoms with Crippen molar-refractivity contribution in [2.24, 2.45) is 0 Å². The number of hydrogen-bond donors (Lipinski definition) is 0. The molecule has 98 valence electrons. The van der Waals surface area contributed by atoms with Crippen LogP contribution in [0.4, 0.5) is 4.39 Å². The number of benzene rings is 2. The number of halogens is 2. The zero-order valence-electron chi connectivity index (χ0n) is 10.6. The molecule has 0 saturated heterocycles. The molecule has 0 N–H and O–H groups in total. The lowest BCUT2D eigenvalue weighted by Gasteiger charge is -2.05. The van der Waals surface area contributed by atoms with Crippen molar-refractivity contribution < 1.29 is 9.18 Å². The quantitative estimate of drug-likeness (QED) is 0.746. The summed E-state index contributed by atoms with van der Waals surface area (Å²) < 4.78 is 13.0. The summed E-state index contributed by atoms with van der Waals surface area (Å²) in [5.41, 5.74) is 2.79. The first-order chi connectivity index (χ1) is 9.08. The summed E-state index contributed by atoms with van der Waals surface area (Å²) in [6.45, 7) is 2.02. The van der Waals surface area contributed by atoms with Crippen LogP contribution in [-0.2, 0) is 6.42 Å². The van der Waals surface area contributed by atoms with Crippen LogP contribution in [0.15, 0.2) is 42.5 Å². The van der Waals surface area contributed by atoms with Gasteiger partial charge < -0.3 is 0 Å². The Balaban J connectivity index is 2.05. The van der Waals surface area contributed by atoms with Crippen LogP contribution >= 0.6 is 11.6 Å². The molecule has 0 aliphatic heterocycles. The van der Waals surface area contributed by atoms with Crippen LogP contribution in [0.1, 0.15) is 27.9 Å². The van der Waals surface area contributed by atoms with Crippen LogP contribution in [0, 0.1) is 12.7 Å². The fourth-order valence-corrected chi connectivity index (χ4v) is 2.13. The van der Waals surface area contributed by atoms with Crippen LogP contribution < -0.4 is 0 Å². The molecule has 0 bridgehead atoms. The third kappa shape index (κ3) is 3.42. The second-order valence-electron chi connectivity index (χ2n) is 4.48. The van der Waals surface area contributed by atoms with Gasteiger partial charge in [0.05, 0.1) is 5.02 Å². The third-order valence-corrected chi connectivity index (χ3v) is 3.41. The first kappa shape index (κ1) is 13.8. The van der Waals surface area contributed by atoms with E-state index in [1.54, 1.807) is 0 Å². The Hall–Kier alpha value is -1.67. The highest BCUT2D eigenvalue weighted by Gasteiger charge is 2.09. The van der Waals surface area contributed by atoms with Gasteiger partial charge in [-0.1, -0.05) is 35.9 Å². The number of Topliss-reactive ketones (excluding diaryl/α,β-unsaturated/α-hetero) is 1. The summed E-state index contributed by atoms with van der Waals surface area (Å²) in [4.78, 5) is 12.0. The minimum absolute atomic E-state index is 0.0123. The molecule has 0 unspecified atom stereocenters. The maximum atomic E-state index is 13.0. The smallest absolute Gasteiger partial charge is 0.163 e. The van der Waals surface area contributed by atoms with E-state index in [2.05, 4.69) is 0 Å². The summed E-state index contributed by atoms with van der Waals surface area (Å²) in [6.07, 6.45) is 1.08. The highest BCUT2D eigenvalue weighted by Crippen LogP contribution is 2.18. The fourth-order valence-electron chi connectivity index (χ4n) is 1.95. The van der Waals surface area contributed by atoms with E-state index in [1.807, 2.05) is 31.2 Å². The second-order valence-corrected chi connectivity index (χ2v) is 4.89. The molecule has 2 aromatic carbocycles. The van der Waals surface area contributed by atoms with Crippen LogP contribution in [0.3, 0.4) is 0 Å². The largest absolute Gasteiger partial charge is 0.294 e. The topological polar surface area (TPSA) is 17.1 Å². The maximum absolute atomic E-state index is 13.0. The molecule has 3 heteroatoms. The number of carbonyl (C=O) groups is 1. The first-order valence-corrected chi connectivity index (χ1v) is 6.48. The molecule has 0 spiro atoms. The molecule has 2 rings (SSSR count). The van der Waals surface area contributed by atoms with Gasteiger partial charge in [-0.15, -0.1) is 0 Å². The van der Waals surface area contributed by atoms with Crippen molar-refractivity contribution in [3.8, 4) is 0 Å². The monoisotopic (exact) mass is 276 g/mol. The Morgan fingerprint density at radius 1 is 1.21 bits per heavy atom. The van der Waals surface area contributed by atoms with Crippen LogP contribution in [0.25, 0.3) is 0 Å². The van der Waals surface area contributed by atoms with E-state index in [9.17, 15) is 9.18 Å². The van der Waals surface area contributed by atoms with Crippen molar-refractivity contribution in [3.63, 3.8) is 0 Å². The molecule has 0 atom stereocenters. The zero-order chi connectivity index (χ0) is 13.8. The van der Waals surface area contributed by atoms with Gasteiger partial charge in [0.25, 0.3) is 0 Å². The van der Waals surface area contributed by atoms with Gasteiger partial charge in [0.1, 0.15) is 5.82 Å². The number of aryl methyl sites for hydroxylation is 2. The predicted molar refractivity (Wildman–Crippen MR) is 75.2 cm³/mol. The molecule has 0 aromatic heterocycles. The Kier molecular flexibility index (Phi) is 4.33.